The lowest BCUT2D eigenvalue weighted by molar-refractivity contribution is -0.157. The molecule has 4 rings (SSSR count). The van der Waals surface area contributed by atoms with Crippen molar-refractivity contribution in [2.45, 2.75) is 40.8 Å². The number of methoxy groups -OCH3 is 1. The molecule has 0 aliphatic heterocycles. The molecule has 0 radical (unpaired) electrons. The van der Waals surface area contributed by atoms with E-state index in [9.17, 15) is 4.79 Å². The summed E-state index contributed by atoms with van der Waals surface area (Å²) in [6.07, 6.45) is 1.58. The van der Waals surface area contributed by atoms with Crippen molar-refractivity contribution in [2.24, 2.45) is 10.8 Å². The monoisotopic (exact) mass is 528 g/mol. The number of hydrogen-bond donors (Lipinski definition) is 4. The van der Waals surface area contributed by atoms with E-state index in [0.29, 0.717) is 6.54 Å². The Bertz CT molecular complexity index is 1360. The molecule has 0 aliphatic rings. The predicted octanol–water partition coefficient (Wildman–Crippen LogP) is 5.14. The van der Waals surface area contributed by atoms with E-state index in [0.717, 1.165) is 54.3 Å². The second kappa shape index (κ2) is 12.4. The van der Waals surface area contributed by atoms with Gasteiger partial charge in [-0.3, -0.25) is 4.79 Å². The number of aromatic amines is 1. The molecule has 2 aromatic carbocycles. The second-order valence-corrected chi connectivity index (χ2v) is 11.1. The Morgan fingerprint density at radius 1 is 0.897 bits per heavy atom. The quantitative estimate of drug-likeness (QED) is 0.141. The summed E-state index contributed by atoms with van der Waals surface area (Å²) in [6.45, 7) is 11.9. The van der Waals surface area contributed by atoms with Gasteiger partial charge in [-0.1, -0.05) is 68.4 Å². The summed E-state index contributed by atoms with van der Waals surface area (Å²) in [4.78, 5) is 24.5. The van der Waals surface area contributed by atoms with Crippen LogP contribution in [0.15, 0.2) is 67.0 Å². The Labute approximate surface area is 231 Å². The van der Waals surface area contributed by atoms with Crippen LogP contribution in [-0.2, 0) is 22.6 Å². The number of esters is 1. The summed E-state index contributed by atoms with van der Waals surface area (Å²) in [5, 5.41) is 11.4. The van der Waals surface area contributed by atoms with Crippen molar-refractivity contribution in [1.82, 2.24) is 25.6 Å². The molecule has 2 aromatic heterocycles. The number of H-pyrrole nitrogens is 1. The molecule has 0 aliphatic carbocycles. The Morgan fingerprint density at radius 3 is 2.31 bits per heavy atom. The summed E-state index contributed by atoms with van der Waals surface area (Å²) in [5.74, 6) is 0.634. The maximum absolute atomic E-state index is 12.1. The highest BCUT2D eigenvalue weighted by atomic mass is 16.5. The fourth-order valence-corrected chi connectivity index (χ4v) is 4.38. The van der Waals surface area contributed by atoms with Crippen LogP contribution in [0.2, 0.25) is 0 Å². The number of benzene rings is 2. The van der Waals surface area contributed by atoms with E-state index in [4.69, 9.17) is 4.74 Å². The molecule has 0 bridgehead atoms. The van der Waals surface area contributed by atoms with Gasteiger partial charge in [0.2, 0.25) is 0 Å². The third-order valence-electron chi connectivity index (χ3n) is 7.76. The van der Waals surface area contributed by atoms with Gasteiger partial charge < -0.3 is 25.7 Å². The first-order valence-corrected chi connectivity index (χ1v) is 13.4. The topological polar surface area (TPSA) is 104 Å². The number of fused-ring (bicyclic) bond motifs is 1. The Balaban J connectivity index is 1.27. The van der Waals surface area contributed by atoms with Gasteiger partial charge in [-0.05, 0) is 42.0 Å². The molecule has 0 fully saturated rings. The number of aromatic nitrogens is 3. The third-order valence-corrected chi connectivity index (χ3v) is 7.76. The minimum atomic E-state index is -0.568. The molecule has 0 unspecified atom stereocenters. The van der Waals surface area contributed by atoms with Crippen LogP contribution < -0.4 is 16.0 Å². The number of rotatable bonds is 13. The third kappa shape index (κ3) is 6.82. The highest BCUT2D eigenvalue weighted by Crippen LogP contribution is 2.38. The van der Waals surface area contributed by atoms with Crippen LogP contribution in [0.1, 0.15) is 38.8 Å². The summed E-state index contributed by atoms with van der Waals surface area (Å²) >= 11 is 0. The van der Waals surface area contributed by atoms with Gasteiger partial charge in [-0.25, -0.2) is 9.97 Å². The van der Waals surface area contributed by atoms with Crippen LogP contribution in [0.25, 0.3) is 22.3 Å². The summed E-state index contributed by atoms with van der Waals surface area (Å²) < 4.78 is 4.99. The lowest BCUT2D eigenvalue weighted by Crippen LogP contribution is -2.47. The summed E-state index contributed by atoms with van der Waals surface area (Å²) in [7, 11) is 1.44. The molecule has 0 atom stereocenters. The molecule has 206 valence electrons. The number of carbonyl (C=O) groups is 1. The van der Waals surface area contributed by atoms with E-state index in [-0.39, 0.29) is 11.4 Å². The molecule has 2 heterocycles. The Kier molecular flexibility index (Phi) is 8.99. The lowest BCUT2D eigenvalue weighted by atomic mass is 9.68. The van der Waals surface area contributed by atoms with Crippen LogP contribution >= 0.6 is 0 Å². The standard InChI is InChI=1S/C31H40N6O2/c1-30(2,31(3,4)29(38)39-5)20-33-16-15-32-18-23-11-13-24(14-12-23)26-17-25-27(35-21-36-28(25)37-26)34-19-22-9-7-6-8-10-22/h6-14,17,21,32-33H,15-16,18-20H2,1-5H3,(H2,34,35,36,37). The molecule has 8 nitrogen and oxygen atoms in total. The molecule has 4 aromatic rings. The van der Waals surface area contributed by atoms with Gasteiger partial charge in [0.15, 0.2) is 0 Å². The molecule has 0 spiro atoms. The van der Waals surface area contributed by atoms with Gasteiger partial charge in [0.1, 0.15) is 17.8 Å². The molecule has 0 saturated carbocycles. The van der Waals surface area contributed by atoms with E-state index < -0.39 is 5.41 Å². The molecule has 0 saturated heterocycles. The van der Waals surface area contributed by atoms with Crippen LogP contribution in [0.3, 0.4) is 0 Å². The van der Waals surface area contributed by atoms with Crippen molar-refractivity contribution in [3.8, 4) is 11.3 Å². The zero-order valence-corrected chi connectivity index (χ0v) is 23.6. The summed E-state index contributed by atoms with van der Waals surface area (Å²) in [6, 6.07) is 20.9. The normalized spacial score (nSPS) is 12.0. The van der Waals surface area contributed by atoms with E-state index in [2.05, 4.69) is 87.2 Å². The van der Waals surface area contributed by atoms with Crippen molar-refractivity contribution in [1.29, 1.82) is 0 Å². The minimum Gasteiger partial charge on any atom is -0.469 e. The first-order chi connectivity index (χ1) is 18.7. The number of hydrogen-bond acceptors (Lipinski definition) is 7. The highest BCUT2D eigenvalue weighted by Gasteiger charge is 2.43. The number of nitrogens with zero attached hydrogens (tertiary/aromatic N) is 2. The molecule has 4 N–H and O–H groups in total. The second-order valence-electron chi connectivity index (χ2n) is 11.1. The van der Waals surface area contributed by atoms with Crippen LogP contribution in [0, 0.1) is 10.8 Å². The van der Waals surface area contributed by atoms with E-state index in [1.165, 1.54) is 18.2 Å². The smallest absolute Gasteiger partial charge is 0.311 e. The first-order valence-electron chi connectivity index (χ1n) is 13.4. The van der Waals surface area contributed by atoms with Gasteiger partial charge in [0.25, 0.3) is 0 Å². The maximum atomic E-state index is 12.1. The minimum absolute atomic E-state index is 0.184. The fourth-order valence-electron chi connectivity index (χ4n) is 4.38. The van der Waals surface area contributed by atoms with Crippen molar-refractivity contribution in [2.75, 3.05) is 32.1 Å². The molecular weight excluding hydrogens is 488 g/mol. The molecule has 8 heteroatoms. The predicted molar refractivity (Wildman–Crippen MR) is 157 cm³/mol. The van der Waals surface area contributed by atoms with Crippen molar-refractivity contribution >= 4 is 22.8 Å². The first kappa shape index (κ1) is 28.3. The fraction of sp³-hybridized carbons (Fsp3) is 0.387. The number of ether oxygens (including phenoxy) is 1. The largest absolute Gasteiger partial charge is 0.469 e. The molecule has 0 amide bonds. The average Bonchev–Trinajstić information content (AvgIpc) is 3.39. The van der Waals surface area contributed by atoms with Crippen molar-refractivity contribution < 1.29 is 9.53 Å². The van der Waals surface area contributed by atoms with Crippen molar-refractivity contribution in [3.05, 3.63) is 78.1 Å². The Morgan fingerprint density at radius 2 is 1.59 bits per heavy atom. The Hall–Kier alpha value is -3.75. The number of carbonyl (C=O) groups excluding carboxylic acids is 1. The SMILES string of the molecule is COC(=O)C(C)(C)C(C)(C)CNCCNCc1ccc(-c2cc3c(NCc4ccccc4)ncnc3[nH]2)cc1. The van der Waals surface area contributed by atoms with Gasteiger partial charge in [-0.2, -0.15) is 0 Å². The zero-order valence-electron chi connectivity index (χ0n) is 23.6. The van der Waals surface area contributed by atoms with Gasteiger partial charge in [0, 0.05) is 38.4 Å². The van der Waals surface area contributed by atoms with Gasteiger partial charge >= 0.3 is 5.97 Å². The maximum Gasteiger partial charge on any atom is 0.311 e. The van der Waals surface area contributed by atoms with E-state index in [1.807, 2.05) is 32.0 Å². The highest BCUT2D eigenvalue weighted by molar-refractivity contribution is 5.91. The number of anilines is 1. The van der Waals surface area contributed by atoms with Crippen LogP contribution in [0.5, 0.6) is 0 Å². The zero-order chi connectivity index (χ0) is 27.9. The lowest BCUT2D eigenvalue weighted by Gasteiger charge is -2.39. The summed E-state index contributed by atoms with van der Waals surface area (Å²) in [5.41, 5.74) is 4.53. The van der Waals surface area contributed by atoms with E-state index >= 15 is 0 Å². The molecule has 39 heavy (non-hydrogen) atoms. The van der Waals surface area contributed by atoms with Crippen LogP contribution in [-0.4, -0.2) is 47.7 Å². The molecular formula is C31H40N6O2. The van der Waals surface area contributed by atoms with E-state index in [1.54, 1.807) is 6.33 Å². The van der Waals surface area contributed by atoms with Crippen LogP contribution in [0.4, 0.5) is 5.82 Å². The average molecular weight is 529 g/mol. The van der Waals surface area contributed by atoms with Gasteiger partial charge in [0.05, 0.1) is 17.9 Å². The van der Waals surface area contributed by atoms with Gasteiger partial charge in [-0.15, -0.1) is 0 Å². The number of nitrogens with one attached hydrogen (secondary N) is 4. The van der Waals surface area contributed by atoms with Crippen molar-refractivity contribution in [3.63, 3.8) is 0 Å².